The second-order valence-electron chi connectivity index (χ2n) is 4.27. The Morgan fingerprint density at radius 2 is 2.00 bits per heavy atom. The van der Waals surface area contributed by atoms with E-state index in [2.05, 4.69) is 5.32 Å². The highest BCUT2D eigenvalue weighted by Crippen LogP contribution is 2.19. The molecule has 3 nitrogen and oxygen atoms in total. The minimum atomic E-state index is -0.664. The van der Waals surface area contributed by atoms with Crippen molar-refractivity contribution in [1.82, 2.24) is 5.32 Å². The van der Waals surface area contributed by atoms with Gasteiger partial charge in [0.05, 0.1) is 6.04 Å². The molecule has 3 N–H and O–H groups in total. The Hall–Kier alpha value is -1.72. The van der Waals surface area contributed by atoms with Crippen molar-refractivity contribution in [1.29, 1.82) is 0 Å². The number of hydrogen-bond acceptors (Lipinski definition) is 3. The van der Waals surface area contributed by atoms with Gasteiger partial charge in [-0.1, -0.05) is 18.2 Å². The summed E-state index contributed by atoms with van der Waals surface area (Å²) in [5.74, 6) is -0.531. The smallest absolute Gasteiger partial charge is 0.242 e. The first-order chi connectivity index (χ1) is 9.08. The van der Waals surface area contributed by atoms with Crippen LogP contribution in [0.15, 0.2) is 41.8 Å². The van der Waals surface area contributed by atoms with E-state index in [-0.39, 0.29) is 17.8 Å². The average molecular weight is 278 g/mol. The van der Waals surface area contributed by atoms with Gasteiger partial charge in [0.25, 0.3) is 0 Å². The maximum Gasteiger partial charge on any atom is 0.242 e. The summed E-state index contributed by atoms with van der Waals surface area (Å²) in [7, 11) is 0. The summed E-state index contributed by atoms with van der Waals surface area (Å²) in [5, 5.41) is 4.70. The molecule has 0 spiro atoms. The van der Waals surface area contributed by atoms with E-state index in [1.807, 2.05) is 24.4 Å². The summed E-state index contributed by atoms with van der Waals surface area (Å²) in [5.41, 5.74) is 6.71. The molecule has 0 aliphatic rings. The fourth-order valence-corrected chi connectivity index (χ4v) is 2.46. The molecule has 1 amide bonds. The first-order valence-corrected chi connectivity index (χ1v) is 6.80. The number of carbonyl (C=O) groups excluding carboxylic acids is 1. The van der Waals surface area contributed by atoms with E-state index in [0.29, 0.717) is 0 Å². The van der Waals surface area contributed by atoms with Crippen LogP contribution in [0.25, 0.3) is 0 Å². The van der Waals surface area contributed by atoms with Crippen molar-refractivity contribution in [3.8, 4) is 0 Å². The number of rotatable bonds is 4. The fraction of sp³-hybridized carbons (Fsp3) is 0.214. The van der Waals surface area contributed by atoms with Crippen LogP contribution in [-0.4, -0.2) is 5.91 Å². The van der Waals surface area contributed by atoms with Gasteiger partial charge >= 0.3 is 0 Å². The fourth-order valence-electron chi connectivity index (χ4n) is 1.74. The monoisotopic (exact) mass is 278 g/mol. The molecule has 2 atom stereocenters. The van der Waals surface area contributed by atoms with Crippen LogP contribution in [-0.2, 0) is 4.79 Å². The van der Waals surface area contributed by atoms with E-state index in [9.17, 15) is 9.18 Å². The van der Waals surface area contributed by atoms with Crippen molar-refractivity contribution in [2.24, 2.45) is 5.73 Å². The van der Waals surface area contributed by atoms with Gasteiger partial charge in [-0.3, -0.25) is 4.79 Å². The maximum atomic E-state index is 12.8. The molecule has 0 aliphatic heterocycles. The van der Waals surface area contributed by atoms with Crippen molar-refractivity contribution in [2.45, 2.75) is 19.0 Å². The third-order valence-corrected chi connectivity index (χ3v) is 3.82. The summed E-state index contributed by atoms with van der Waals surface area (Å²) in [6.45, 7) is 1.84. The summed E-state index contributed by atoms with van der Waals surface area (Å²) >= 11 is 1.45. The number of nitrogens with two attached hydrogens (primary N) is 1. The number of carbonyl (C=O) groups is 1. The molecule has 1 aromatic heterocycles. The lowest BCUT2D eigenvalue weighted by molar-refractivity contribution is -0.123. The zero-order chi connectivity index (χ0) is 13.8. The zero-order valence-electron chi connectivity index (χ0n) is 10.5. The van der Waals surface area contributed by atoms with Crippen molar-refractivity contribution in [3.63, 3.8) is 0 Å². The van der Waals surface area contributed by atoms with Crippen LogP contribution in [0.4, 0.5) is 4.39 Å². The van der Waals surface area contributed by atoms with Crippen LogP contribution in [0, 0.1) is 5.82 Å². The highest BCUT2D eigenvalue weighted by Gasteiger charge is 2.18. The molecular weight excluding hydrogens is 263 g/mol. The largest absolute Gasteiger partial charge is 0.348 e. The number of amides is 1. The molecule has 100 valence electrons. The zero-order valence-corrected chi connectivity index (χ0v) is 11.3. The first-order valence-electron chi connectivity index (χ1n) is 5.93. The van der Waals surface area contributed by atoms with E-state index in [4.69, 9.17) is 5.73 Å². The van der Waals surface area contributed by atoms with Crippen molar-refractivity contribution >= 4 is 17.2 Å². The van der Waals surface area contributed by atoms with Crippen LogP contribution in [0.2, 0.25) is 0 Å². The van der Waals surface area contributed by atoms with Gasteiger partial charge in [-0.15, -0.1) is 11.3 Å². The molecule has 1 unspecified atom stereocenters. The number of benzene rings is 1. The van der Waals surface area contributed by atoms with E-state index < -0.39 is 6.04 Å². The Labute approximate surface area is 115 Å². The van der Waals surface area contributed by atoms with Gasteiger partial charge < -0.3 is 11.1 Å². The van der Waals surface area contributed by atoms with Crippen LogP contribution in [0.5, 0.6) is 0 Å². The molecular formula is C14H15FN2OS. The average Bonchev–Trinajstić information content (AvgIpc) is 2.92. The van der Waals surface area contributed by atoms with Crippen molar-refractivity contribution in [2.75, 3.05) is 0 Å². The minimum Gasteiger partial charge on any atom is -0.348 e. The van der Waals surface area contributed by atoms with Gasteiger partial charge in [0.1, 0.15) is 11.9 Å². The van der Waals surface area contributed by atoms with Crippen molar-refractivity contribution < 1.29 is 9.18 Å². The van der Waals surface area contributed by atoms with E-state index in [1.54, 1.807) is 12.1 Å². The minimum absolute atomic E-state index is 0.209. The molecule has 19 heavy (non-hydrogen) atoms. The summed E-state index contributed by atoms with van der Waals surface area (Å²) in [4.78, 5) is 12.8. The Kier molecular flexibility index (Phi) is 4.29. The molecule has 0 aliphatic carbocycles. The molecule has 0 radical (unpaired) electrons. The topological polar surface area (TPSA) is 55.1 Å². The van der Waals surface area contributed by atoms with E-state index in [0.717, 1.165) is 10.4 Å². The van der Waals surface area contributed by atoms with Crippen molar-refractivity contribution in [3.05, 3.63) is 58.0 Å². The maximum absolute atomic E-state index is 12.8. The molecule has 1 heterocycles. The van der Waals surface area contributed by atoms with Gasteiger partial charge in [-0.05, 0) is 36.1 Å². The van der Waals surface area contributed by atoms with Crippen LogP contribution >= 0.6 is 11.3 Å². The molecule has 5 heteroatoms. The van der Waals surface area contributed by atoms with Gasteiger partial charge in [0, 0.05) is 4.88 Å². The molecule has 0 fully saturated rings. The lowest BCUT2D eigenvalue weighted by atomic mass is 10.1. The lowest BCUT2D eigenvalue weighted by Crippen LogP contribution is -2.35. The summed E-state index contributed by atoms with van der Waals surface area (Å²) < 4.78 is 12.8. The Balaban J connectivity index is 2.00. The second-order valence-corrected chi connectivity index (χ2v) is 5.25. The Bertz CT molecular complexity index is 539. The third-order valence-electron chi connectivity index (χ3n) is 2.86. The highest BCUT2D eigenvalue weighted by molar-refractivity contribution is 7.10. The second kappa shape index (κ2) is 5.95. The number of nitrogens with one attached hydrogen (secondary N) is 1. The number of halogens is 1. The van der Waals surface area contributed by atoms with E-state index >= 15 is 0 Å². The summed E-state index contributed by atoms with van der Waals surface area (Å²) in [6.07, 6.45) is 0. The molecule has 2 aromatic rings. The van der Waals surface area contributed by atoms with Crippen LogP contribution < -0.4 is 11.1 Å². The molecule has 1 aromatic carbocycles. The first kappa shape index (κ1) is 13.7. The third kappa shape index (κ3) is 3.39. The lowest BCUT2D eigenvalue weighted by Gasteiger charge is -2.17. The van der Waals surface area contributed by atoms with Gasteiger partial charge in [0.2, 0.25) is 5.91 Å². The SMILES string of the molecule is C[C@@H](NC(=O)C(N)c1cccs1)c1ccc(F)cc1. The van der Waals surface area contributed by atoms with Crippen LogP contribution in [0.3, 0.4) is 0 Å². The standard InChI is InChI=1S/C14H15FN2OS/c1-9(10-4-6-11(15)7-5-10)17-14(18)13(16)12-3-2-8-19-12/h2-9,13H,16H2,1H3,(H,17,18)/t9-,13?/m1/s1. The Morgan fingerprint density at radius 3 is 2.58 bits per heavy atom. The van der Waals surface area contributed by atoms with E-state index in [1.165, 1.54) is 23.5 Å². The molecule has 0 saturated heterocycles. The molecule has 0 saturated carbocycles. The molecule has 0 bridgehead atoms. The predicted octanol–water partition coefficient (Wildman–Crippen LogP) is 2.76. The Morgan fingerprint density at radius 1 is 1.32 bits per heavy atom. The van der Waals surface area contributed by atoms with Gasteiger partial charge in [-0.2, -0.15) is 0 Å². The normalized spacial score (nSPS) is 13.8. The number of hydrogen-bond donors (Lipinski definition) is 2. The van der Waals surface area contributed by atoms with Gasteiger partial charge in [0.15, 0.2) is 0 Å². The quantitative estimate of drug-likeness (QED) is 0.903. The van der Waals surface area contributed by atoms with Gasteiger partial charge in [-0.25, -0.2) is 4.39 Å². The molecule has 2 rings (SSSR count). The highest BCUT2D eigenvalue weighted by atomic mass is 32.1. The number of thiophene rings is 1. The van der Waals surface area contributed by atoms with Crippen LogP contribution in [0.1, 0.15) is 29.4 Å². The summed E-state index contributed by atoms with van der Waals surface area (Å²) in [6, 6.07) is 8.86. The predicted molar refractivity (Wildman–Crippen MR) is 74.2 cm³/mol.